The molecule has 0 aromatic carbocycles. The second-order valence-corrected chi connectivity index (χ2v) is 6.93. The lowest BCUT2D eigenvalue weighted by atomic mass is 9.93. The van der Waals surface area contributed by atoms with Crippen LogP contribution >= 0.6 is 23.7 Å². The van der Waals surface area contributed by atoms with Gasteiger partial charge in [-0.1, -0.05) is 0 Å². The van der Waals surface area contributed by atoms with Crippen LogP contribution in [0.4, 0.5) is 0 Å². The van der Waals surface area contributed by atoms with Crippen LogP contribution in [-0.2, 0) is 11.3 Å². The summed E-state index contributed by atoms with van der Waals surface area (Å²) < 4.78 is 1.42. The number of carbonyl (C=O) groups excluding carboxylic acids is 1. The van der Waals surface area contributed by atoms with E-state index in [-0.39, 0.29) is 30.4 Å². The van der Waals surface area contributed by atoms with Gasteiger partial charge in [0.15, 0.2) is 0 Å². The molecule has 1 fully saturated rings. The van der Waals surface area contributed by atoms with Crippen molar-refractivity contribution in [3.63, 3.8) is 0 Å². The highest BCUT2D eigenvalue weighted by atomic mass is 35.5. The Morgan fingerprint density at radius 1 is 1.42 bits per heavy atom. The van der Waals surface area contributed by atoms with Gasteiger partial charge in [-0.2, -0.15) is 0 Å². The number of hydrogen-bond acceptors (Lipinski definition) is 5. The standard InChI is InChI=1S/C16H22N4O2S.ClH/c1-17-6-2-12-3-7-19(8-4-12)14(21)10-20-11-18-15-13(16(20)22)5-9-23-15;/h5,9,11-12,17H,2-4,6-8,10H2,1H3;1H. The molecule has 0 unspecified atom stereocenters. The summed E-state index contributed by atoms with van der Waals surface area (Å²) in [6.07, 6.45) is 4.74. The SMILES string of the molecule is CNCCC1CCN(C(=O)Cn2cnc3sccc3c2=O)CC1.Cl. The molecule has 2 aromatic heterocycles. The van der Waals surface area contributed by atoms with Crippen molar-refractivity contribution in [2.75, 3.05) is 26.7 Å². The largest absolute Gasteiger partial charge is 0.341 e. The van der Waals surface area contributed by atoms with Crippen molar-refractivity contribution < 1.29 is 4.79 Å². The number of thiophene rings is 1. The molecule has 1 aliphatic heterocycles. The smallest absolute Gasteiger partial charge is 0.262 e. The van der Waals surface area contributed by atoms with Crippen molar-refractivity contribution >= 4 is 39.9 Å². The average Bonchev–Trinajstić information content (AvgIpc) is 3.05. The van der Waals surface area contributed by atoms with Gasteiger partial charge in [0.25, 0.3) is 5.56 Å². The minimum Gasteiger partial charge on any atom is -0.341 e. The van der Waals surface area contributed by atoms with Gasteiger partial charge >= 0.3 is 0 Å². The Morgan fingerprint density at radius 3 is 2.88 bits per heavy atom. The summed E-state index contributed by atoms with van der Waals surface area (Å²) in [4.78, 5) is 31.6. The fourth-order valence-electron chi connectivity index (χ4n) is 3.07. The first-order chi connectivity index (χ1) is 11.2. The lowest BCUT2D eigenvalue weighted by molar-refractivity contribution is -0.133. The Labute approximate surface area is 151 Å². The summed E-state index contributed by atoms with van der Waals surface area (Å²) >= 11 is 1.44. The Hall–Kier alpha value is -1.44. The van der Waals surface area contributed by atoms with E-state index in [0.717, 1.165) is 43.7 Å². The molecule has 3 rings (SSSR count). The van der Waals surface area contributed by atoms with E-state index in [9.17, 15) is 9.59 Å². The van der Waals surface area contributed by atoms with Gasteiger partial charge in [-0.15, -0.1) is 23.7 Å². The molecule has 2 aromatic rings. The molecule has 0 bridgehead atoms. The number of hydrogen-bond donors (Lipinski definition) is 1. The zero-order valence-electron chi connectivity index (χ0n) is 13.7. The van der Waals surface area contributed by atoms with E-state index in [2.05, 4.69) is 10.3 Å². The molecule has 0 atom stereocenters. The number of likely N-dealkylation sites (tertiary alicyclic amines) is 1. The summed E-state index contributed by atoms with van der Waals surface area (Å²) in [5, 5.41) is 5.62. The van der Waals surface area contributed by atoms with E-state index in [1.807, 2.05) is 17.3 Å². The average molecular weight is 371 g/mol. The number of nitrogens with one attached hydrogen (secondary N) is 1. The van der Waals surface area contributed by atoms with Gasteiger partial charge < -0.3 is 10.2 Å². The number of aromatic nitrogens is 2. The van der Waals surface area contributed by atoms with Crippen LogP contribution in [0.3, 0.4) is 0 Å². The highest BCUT2D eigenvalue weighted by Crippen LogP contribution is 2.20. The summed E-state index contributed by atoms with van der Waals surface area (Å²) in [6.45, 7) is 2.69. The van der Waals surface area contributed by atoms with Crippen molar-refractivity contribution in [2.45, 2.75) is 25.8 Å². The second-order valence-electron chi connectivity index (χ2n) is 6.03. The third kappa shape index (κ3) is 4.15. The topological polar surface area (TPSA) is 67.2 Å². The lowest BCUT2D eigenvalue weighted by Crippen LogP contribution is -2.41. The van der Waals surface area contributed by atoms with Crippen LogP contribution in [-0.4, -0.2) is 47.0 Å². The third-order valence-electron chi connectivity index (χ3n) is 4.53. The van der Waals surface area contributed by atoms with Crippen LogP contribution in [0.15, 0.2) is 22.6 Å². The van der Waals surface area contributed by atoms with Crippen LogP contribution < -0.4 is 10.9 Å². The van der Waals surface area contributed by atoms with E-state index < -0.39 is 0 Å². The third-order valence-corrected chi connectivity index (χ3v) is 5.35. The van der Waals surface area contributed by atoms with E-state index >= 15 is 0 Å². The van der Waals surface area contributed by atoms with Gasteiger partial charge in [0.1, 0.15) is 11.4 Å². The number of carbonyl (C=O) groups is 1. The van der Waals surface area contributed by atoms with Crippen LogP contribution in [0.5, 0.6) is 0 Å². The summed E-state index contributed by atoms with van der Waals surface area (Å²) in [5.74, 6) is 0.702. The van der Waals surface area contributed by atoms with E-state index in [4.69, 9.17) is 0 Å². The number of nitrogens with zero attached hydrogens (tertiary/aromatic N) is 3. The lowest BCUT2D eigenvalue weighted by Gasteiger charge is -2.32. The molecule has 0 spiro atoms. The van der Waals surface area contributed by atoms with Crippen LogP contribution in [0, 0.1) is 5.92 Å². The maximum atomic E-state index is 12.4. The fraction of sp³-hybridized carbons (Fsp3) is 0.562. The maximum Gasteiger partial charge on any atom is 0.262 e. The number of piperidine rings is 1. The van der Waals surface area contributed by atoms with Crippen LogP contribution in [0.1, 0.15) is 19.3 Å². The normalized spacial score (nSPS) is 15.5. The molecular weight excluding hydrogens is 348 g/mol. The molecule has 24 heavy (non-hydrogen) atoms. The first-order valence-corrected chi connectivity index (χ1v) is 8.92. The van der Waals surface area contributed by atoms with E-state index in [1.165, 1.54) is 22.2 Å². The number of halogens is 1. The minimum absolute atomic E-state index is 0. The van der Waals surface area contributed by atoms with Crippen LogP contribution in [0.2, 0.25) is 0 Å². The van der Waals surface area contributed by atoms with Crippen molar-refractivity contribution in [1.82, 2.24) is 19.8 Å². The molecule has 132 valence electrons. The Bertz CT molecular complexity index is 737. The Kier molecular flexibility index (Phi) is 6.77. The van der Waals surface area contributed by atoms with E-state index in [1.54, 1.807) is 6.07 Å². The predicted octanol–water partition coefficient (Wildman–Crippen LogP) is 1.73. The Balaban J connectivity index is 0.00000208. The first-order valence-electron chi connectivity index (χ1n) is 8.04. The second kappa shape index (κ2) is 8.60. The van der Waals surface area contributed by atoms with Crippen molar-refractivity contribution in [3.8, 4) is 0 Å². The van der Waals surface area contributed by atoms with Gasteiger partial charge in [-0.05, 0) is 50.2 Å². The summed E-state index contributed by atoms with van der Waals surface area (Å²) in [5.41, 5.74) is -0.131. The maximum absolute atomic E-state index is 12.4. The number of rotatable bonds is 5. The summed E-state index contributed by atoms with van der Waals surface area (Å²) in [7, 11) is 1.97. The molecular formula is C16H23ClN4O2S. The van der Waals surface area contributed by atoms with Gasteiger partial charge in [0, 0.05) is 13.1 Å². The van der Waals surface area contributed by atoms with Gasteiger partial charge in [-0.3, -0.25) is 14.2 Å². The zero-order valence-corrected chi connectivity index (χ0v) is 15.4. The fourth-order valence-corrected chi connectivity index (χ4v) is 3.79. The molecule has 3 heterocycles. The molecule has 8 heteroatoms. The highest BCUT2D eigenvalue weighted by molar-refractivity contribution is 7.16. The van der Waals surface area contributed by atoms with Gasteiger partial charge in [0.05, 0.1) is 11.7 Å². The number of fused-ring (bicyclic) bond motifs is 1. The molecule has 1 aliphatic rings. The monoisotopic (exact) mass is 370 g/mol. The molecule has 1 N–H and O–H groups in total. The van der Waals surface area contributed by atoms with Crippen molar-refractivity contribution in [2.24, 2.45) is 5.92 Å². The molecule has 0 radical (unpaired) electrons. The Morgan fingerprint density at radius 2 is 2.17 bits per heavy atom. The van der Waals surface area contributed by atoms with Crippen molar-refractivity contribution in [1.29, 1.82) is 0 Å². The predicted molar refractivity (Wildman–Crippen MR) is 99.0 cm³/mol. The zero-order chi connectivity index (χ0) is 16.2. The van der Waals surface area contributed by atoms with Gasteiger partial charge in [-0.25, -0.2) is 4.98 Å². The molecule has 1 saturated heterocycles. The molecule has 6 nitrogen and oxygen atoms in total. The first kappa shape index (κ1) is 18.9. The number of amides is 1. The van der Waals surface area contributed by atoms with Gasteiger partial charge in [0.2, 0.25) is 5.91 Å². The van der Waals surface area contributed by atoms with Crippen LogP contribution in [0.25, 0.3) is 10.2 Å². The minimum atomic E-state index is -0.131. The molecule has 0 saturated carbocycles. The molecule has 1 amide bonds. The van der Waals surface area contributed by atoms with E-state index in [0.29, 0.717) is 11.3 Å². The molecule has 0 aliphatic carbocycles. The summed E-state index contributed by atoms with van der Waals surface area (Å²) in [6, 6.07) is 1.77. The highest BCUT2D eigenvalue weighted by Gasteiger charge is 2.23. The van der Waals surface area contributed by atoms with Crippen molar-refractivity contribution in [3.05, 3.63) is 28.1 Å². The quantitative estimate of drug-likeness (QED) is 0.870.